The van der Waals surface area contributed by atoms with E-state index in [0.29, 0.717) is 6.42 Å². The molecule has 0 saturated carbocycles. The number of methoxy groups -OCH3 is 1. The molecule has 0 aliphatic carbocycles. The van der Waals surface area contributed by atoms with Crippen molar-refractivity contribution in [3.8, 4) is 5.75 Å². The van der Waals surface area contributed by atoms with E-state index in [9.17, 15) is 4.79 Å². The van der Waals surface area contributed by atoms with E-state index in [1.165, 1.54) is 11.9 Å². The van der Waals surface area contributed by atoms with Crippen molar-refractivity contribution in [3.63, 3.8) is 0 Å². The number of hydrazone groups is 1. The van der Waals surface area contributed by atoms with Gasteiger partial charge in [-0.3, -0.25) is 4.79 Å². The van der Waals surface area contributed by atoms with Crippen LogP contribution in [0.3, 0.4) is 0 Å². The number of rotatable bonds is 3. The smallest absolute Gasteiger partial charge is 0.240 e. The number of furan rings is 1. The van der Waals surface area contributed by atoms with E-state index in [0.717, 1.165) is 22.8 Å². The fourth-order valence-electron chi connectivity index (χ4n) is 2.46. The minimum Gasteiger partial charge on any atom is -0.497 e. The second kappa shape index (κ2) is 5.44. The Bertz CT molecular complexity index is 659. The van der Waals surface area contributed by atoms with Crippen LogP contribution in [0.5, 0.6) is 5.75 Å². The lowest BCUT2D eigenvalue weighted by atomic mass is 10.0. The number of nitrogens with zero attached hydrogens (tertiary/aromatic N) is 2. The van der Waals surface area contributed by atoms with Crippen molar-refractivity contribution in [1.82, 2.24) is 5.01 Å². The van der Waals surface area contributed by atoms with E-state index >= 15 is 0 Å². The third-order valence-corrected chi connectivity index (χ3v) is 3.53. The van der Waals surface area contributed by atoms with Crippen molar-refractivity contribution in [3.05, 3.63) is 54.0 Å². The maximum absolute atomic E-state index is 11.8. The van der Waals surface area contributed by atoms with Crippen LogP contribution >= 0.6 is 0 Å². The molecule has 1 aliphatic rings. The third-order valence-electron chi connectivity index (χ3n) is 3.53. The van der Waals surface area contributed by atoms with Gasteiger partial charge in [-0.05, 0) is 42.0 Å². The summed E-state index contributed by atoms with van der Waals surface area (Å²) < 4.78 is 10.6. The Hall–Kier alpha value is -2.56. The summed E-state index contributed by atoms with van der Waals surface area (Å²) in [5.41, 5.74) is 1.85. The molecule has 0 radical (unpaired) electrons. The highest BCUT2D eigenvalue weighted by molar-refractivity contribution is 6.03. The Morgan fingerprint density at radius 3 is 2.67 bits per heavy atom. The molecule has 2 aromatic rings. The molecule has 5 nitrogen and oxygen atoms in total. The van der Waals surface area contributed by atoms with Gasteiger partial charge in [0.15, 0.2) is 0 Å². The van der Waals surface area contributed by atoms with Gasteiger partial charge in [-0.25, -0.2) is 5.01 Å². The van der Waals surface area contributed by atoms with Crippen LogP contribution in [0.1, 0.15) is 30.7 Å². The number of ether oxygens (including phenoxy) is 1. The maximum atomic E-state index is 11.8. The fourth-order valence-corrected chi connectivity index (χ4v) is 2.46. The van der Waals surface area contributed by atoms with Gasteiger partial charge in [-0.15, -0.1) is 0 Å². The van der Waals surface area contributed by atoms with E-state index < -0.39 is 0 Å². The molecule has 0 bridgehead atoms. The van der Waals surface area contributed by atoms with Gasteiger partial charge in [0.05, 0.1) is 19.1 Å². The van der Waals surface area contributed by atoms with Crippen molar-refractivity contribution in [1.29, 1.82) is 0 Å². The summed E-state index contributed by atoms with van der Waals surface area (Å²) in [5.74, 6) is 1.45. The lowest BCUT2D eigenvalue weighted by Gasteiger charge is -2.17. The van der Waals surface area contributed by atoms with E-state index in [-0.39, 0.29) is 11.9 Å². The van der Waals surface area contributed by atoms with Crippen molar-refractivity contribution in [2.24, 2.45) is 5.10 Å². The number of hydrogen-bond acceptors (Lipinski definition) is 4. The predicted octanol–water partition coefficient (Wildman–Crippen LogP) is 2.99. The molecule has 1 amide bonds. The average molecular weight is 284 g/mol. The molecule has 0 fully saturated rings. The van der Waals surface area contributed by atoms with Crippen LogP contribution in [0.25, 0.3) is 0 Å². The van der Waals surface area contributed by atoms with Gasteiger partial charge in [0.1, 0.15) is 17.6 Å². The molecule has 1 atom stereocenters. The predicted molar refractivity (Wildman–Crippen MR) is 78.1 cm³/mol. The van der Waals surface area contributed by atoms with Crippen molar-refractivity contribution in [2.45, 2.75) is 19.4 Å². The first-order valence-corrected chi connectivity index (χ1v) is 6.74. The first-order valence-electron chi connectivity index (χ1n) is 6.74. The number of benzene rings is 1. The Morgan fingerprint density at radius 2 is 2.10 bits per heavy atom. The third kappa shape index (κ3) is 2.54. The molecule has 21 heavy (non-hydrogen) atoms. The minimum atomic E-state index is -0.172. The van der Waals surface area contributed by atoms with Gasteiger partial charge in [-0.1, -0.05) is 0 Å². The summed E-state index contributed by atoms with van der Waals surface area (Å²) >= 11 is 0. The van der Waals surface area contributed by atoms with Gasteiger partial charge in [0.25, 0.3) is 0 Å². The molecule has 2 heterocycles. The molecule has 108 valence electrons. The summed E-state index contributed by atoms with van der Waals surface area (Å²) in [6.07, 6.45) is 2.25. The molecule has 0 N–H and O–H groups in total. The fraction of sp³-hybridized carbons (Fsp3) is 0.250. The summed E-state index contributed by atoms with van der Waals surface area (Å²) in [6, 6.07) is 11.2. The van der Waals surface area contributed by atoms with Crippen LogP contribution in [0, 0.1) is 0 Å². The molecule has 3 rings (SSSR count). The largest absolute Gasteiger partial charge is 0.497 e. The van der Waals surface area contributed by atoms with Crippen molar-refractivity contribution < 1.29 is 13.9 Å². The van der Waals surface area contributed by atoms with Crippen LogP contribution in [0.2, 0.25) is 0 Å². The van der Waals surface area contributed by atoms with E-state index in [4.69, 9.17) is 9.15 Å². The zero-order chi connectivity index (χ0) is 14.8. The Labute approximate surface area is 122 Å². The second-order valence-electron chi connectivity index (χ2n) is 4.87. The van der Waals surface area contributed by atoms with E-state index in [1.54, 1.807) is 13.4 Å². The molecule has 1 aromatic heterocycles. The number of carbonyl (C=O) groups is 1. The lowest BCUT2D eigenvalue weighted by Crippen LogP contribution is -2.23. The standard InChI is InChI=1S/C16H16N2O3/c1-11(19)18-15(16-4-3-9-21-16)10-14(17-18)12-5-7-13(20-2)8-6-12/h3-9,15H,10H2,1-2H3/t15-/m1/s1. The number of amides is 1. The highest BCUT2D eigenvalue weighted by atomic mass is 16.5. The first-order chi connectivity index (χ1) is 10.2. The highest BCUT2D eigenvalue weighted by Crippen LogP contribution is 2.33. The number of hydrogen-bond donors (Lipinski definition) is 0. The molecule has 1 aromatic carbocycles. The van der Waals surface area contributed by atoms with Gasteiger partial charge in [-0.2, -0.15) is 5.10 Å². The van der Waals surface area contributed by atoms with Crippen LogP contribution < -0.4 is 4.74 Å². The molecular weight excluding hydrogens is 268 g/mol. The summed E-state index contributed by atoms with van der Waals surface area (Å²) in [7, 11) is 1.63. The highest BCUT2D eigenvalue weighted by Gasteiger charge is 2.33. The summed E-state index contributed by atoms with van der Waals surface area (Å²) in [6.45, 7) is 1.51. The Balaban J connectivity index is 1.89. The van der Waals surface area contributed by atoms with Crippen molar-refractivity contribution >= 4 is 11.6 Å². The van der Waals surface area contributed by atoms with E-state index in [2.05, 4.69) is 5.10 Å². The normalized spacial score (nSPS) is 17.7. The van der Waals surface area contributed by atoms with Crippen LogP contribution in [0.4, 0.5) is 0 Å². The monoisotopic (exact) mass is 284 g/mol. The molecule has 0 spiro atoms. The van der Waals surface area contributed by atoms with Gasteiger partial charge < -0.3 is 9.15 Å². The van der Waals surface area contributed by atoms with Gasteiger partial charge in [0.2, 0.25) is 5.91 Å². The lowest BCUT2D eigenvalue weighted by molar-refractivity contribution is -0.130. The van der Waals surface area contributed by atoms with Crippen LogP contribution in [-0.4, -0.2) is 23.7 Å². The van der Waals surface area contributed by atoms with Crippen molar-refractivity contribution in [2.75, 3.05) is 7.11 Å². The SMILES string of the molecule is COc1ccc(C2=NN(C(C)=O)[C@@H](c3ccco3)C2)cc1. The Morgan fingerprint density at radius 1 is 1.33 bits per heavy atom. The molecular formula is C16H16N2O3. The van der Waals surface area contributed by atoms with Gasteiger partial charge >= 0.3 is 0 Å². The maximum Gasteiger partial charge on any atom is 0.240 e. The quantitative estimate of drug-likeness (QED) is 0.870. The van der Waals surface area contributed by atoms with Crippen LogP contribution in [0.15, 0.2) is 52.2 Å². The second-order valence-corrected chi connectivity index (χ2v) is 4.87. The summed E-state index contributed by atoms with van der Waals surface area (Å²) in [5, 5.41) is 5.93. The molecule has 0 saturated heterocycles. The zero-order valence-corrected chi connectivity index (χ0v) is 11.9. The average Bonchev–Trinajstić information content (AvgIpc) is 3.16. The van der Waals surface area contributed by atoms with Gasteiger partial charge in [0, 0.05) is 13.3 Å². The Kier molecular flexibility index (Phi) is 3.48. The molecule has 0 unspecified atom stereocenters. The molecule has 5 heteroatoms. The van der Waals surface area contributed by atoms with E-state index in [1.807, 2.05) is 36.4 Å². The summed E-state index contributed by atoms with van der Waals surface area (Å²) in [4.78, 5) is 11.8. The first kappa shape index (κ1) is 13.4. The van der Waals surface area contributed by atoms with Crippen LogP contribution in [-0.2, 0) is 4.79 Å². The molecule has 1 aliphatic heterocycles. The zero-order valence-electron chi connectivity index (χ0n) is 11.9. The minimum absolute atomic E-state index is 0.0973. The topological polar surface area (TPSA) is 55.0 Å². The number of carbonyl (C=O) groups excluding carboxylic acids is 1.